The summed E-state index contributed by atoms with van der Waals surface area (Å²) in [6.07, 6.45) is 1.75. The molecule has 1 N–H and O–H groups in total. The van der Waals surface area contributed by atoms with Crippen molar-refractivity contribution in [2.75, 3.05) is 26.3 Å². The number of rotatable bonds is 6. The normalized spacial score (nSPS) is 18.8. The van der Waals surface area contributed by atoms with Gasteiger partial charge in [0.05, 0.1) is 30.6 Å². The van der Waals surface area contributed by atoms with Crippen LogP contribution < -0.4 is 0 Å². The van der Waals surface area contributed by atoms with Gasteiger partial charge in [0.15, 0.2) is 0 Å². The largest absolute Gasteiger partial charge is 0.466 e. The van der Waals surface area contributed by atoms with Crippen LogP contribution in [-0.4, -0.2) is 59.8 Å². The molecule has 1 aliphatic rings. The van der Waals surface area contributed by atoms with Gasteiger partial charge in [-0.3, -0.25) is 19.2 Å². The molecule has 1 aromatic heterocycles. The molecule has 1 aromatic carbocycles. The summed E-state index contributed by atoms with van der Waals surface area (Å²) in [6, 6.07) is 5.51. The van der Waals surface area contributed by atoms with E-state index in [1.165, 1.54) is 11.1 Å². The molecule has 30 heavy (non-hydrogen) atoms. The first-order chi connectivity index (χ1) is 14.4. The van der Waals surface area contributed by atoms with Crippen LogP contribution in [0, 0.1) is 18.8 Å². The van der Waals surface area contributed by atoms with Crippen molar-refractivity contribution in [1.29, 1.82) is 0 Å². The van der Waals surface area contributed by atoms with Crippen LogP contribution >= 0.6 is 0 Å². The third-order valence-corrected chi connectivity index (χ3v) is 5.34. The summed E-state index contributed by atoms with van der Waals surface area (Å²) in [5, 5.41) is 0.661. The van der Waals surface area contributed by atoms with Crippen LogP contribution in [0.25, 0.3) is 10.9 Å². The zero-order valence-electron chi connectivity index (χ0n) is 17.4. The monoisotopic (exact) mass is 414 g/mol. The second-order valence-electron chi connectivity index (χ2n) is 7.37. The van der Waals surface area contributed by atoms with Crippen molar-refractivity contribution in [3.05, 3.63) is 35.5 Å². The van der Waals surface area contributed by atoms with Crippen LogP contribution in [-0.2, 0) is 23.9 Å². The van der Waals surface area contributed by atoms with Crippen molar-refractivity contribution < 1.29 is 28.7 Å². The summed E-state index contributed by atoms with van der Waals surface area (Å²) < 4.78 is 10.2. The molecular formula is C22H26N2O6. The van der Waals surface area contributed by atoms with Crippen LogP contribution in [0.2, 0.25) is 0 Å². The Balaban J connectivity index is 1.86. The number of ether oxygens (including phenoxy) is 2. The maximum Gasteiger partial charge on any atom is 0.310 e. The summed E-state index contributed by atoms with van der Waals surface area (Å²) in [5.74, 6) is -3.77. The smallest absolute Gasteiger partial charge is 0.310 e. The van der Waals surface area contributed by atoms with Crippen molar-refractivity contribution in [3.8, 4) is 0 Å². The van der Waals surface area contributed by atoms with E-state index < -0.39 is 35.5 Å². The molecule has 2 aromatic rings. The third kappa shape index (κ3) is 4.22. The molecule has 2 heterocycles. The van der Waals surface area contributed by atoms with Crippen LogP contribution in [0.15, 0.2) is 24.4 Å². The van der Waals surface area contributed by atoms with E-state index in [0.29, 0.717) is 5.39 Å². The van der Waals surface area contributed by atoms with Gasteiger partial charge < -0.3 is 19.4 Å². The number of hydrogen-bond donors (Lipinski definition) is 1. The maximum absolute atomic E-state index is 13.0. The number of aryl methyl sites for hydroxylation is 1. The predicted octanol–water partition coefficient (Wildman–Crippen LogP) is 2.25. The standard InChI is InChI=1S/C22H26N2O6/c1-4-29-21(27)14-9-15(22(28)30-5-2)12-24(11-14)20(26)19(25)17-10-23-18-13(3)7-6-8-16(17)18/h6-8,10,14-15,23H,4-5,9,11-12H2,1-3H3/t14-,15-/m1/s1. The Bertz CT molecular complexity index is 953. The quantitative estimate of drug-likeness (QED) is 0.442. The molecule has 160 valence electrons. The van der Waals surface area contributed by atoms with Crippen LogP contribution in [0.1, 0.15) is 36.2 Å². The number of ketones is 1. The number of H-pyrrole nitrogens is 1. The number of carbonyl (C=O) groups excluding carboxylic acids is 4. The average molecular weight is 414 g/mol. The van der Waals surface area contributed by atoms with Gasteiger partial charge in [-0.2, -0.15) is 0 Å². The number of aromatic nitrogens is 1. The van der Waals surface area contributed by atoms with E-state index in [1.54, 1.807) is 19.9 Å². The molecule has 8 heteroatoms. The molecule has 1 aliphatic heterocycles. The number of para-hydroxylation sites is 1. The van der Waals surface area contributed by atoms with E-state index in [1.807, 2.05) is 19.1 Å². The van der Waals surface area contributed by atoms with Crippen molar-refractivity contribution >= 4 is 34.5 Å². The van der Waals surface area contributed by atoms with Crippen molar-refractivity contribution in [2.45, 2.75) is 27.2 Å². The summed E-state index contributed by atoms with van der Waals surface area (Å²) in [6.45, 7) is 5.74. The zero-order chi connectivity index (χ0) is 21.8. The molecule has 1 saturated heterocycles. The van der Waals surface area contributed by atoms with E-state index in [9.17, 15) is 19.2 Å². The highest BCUT2D eigenvalue weighted by Crippen LogP contribution is 2.27. The summed E-state index contributed by atoms with van der Waals surface area (Å²) in [5.41, 5.74) is 2.02. The van der Waals surface area contributed by atoms with Crippen molar-refractivity contribution in [2.24, 2.45) is 11.8 Å². The molecular weight excluding hydrogens is 388 g/mol. The highest BCUT2D eigenvalue weighted by molar-refractivity contribution is 6.45. The van der Waals surface area contributed by atoms with Crippen LogP contribution in [0.4, 0.5) is 0 Å². The number of hydrogen-bond acceptors (Lipinski definition) is 6. The molecule has 0 radical (unpaired) electrons. The average Bonchev–Trinajstić information content (AvgIpc) is 3.18. The molecule has 1 fully saturated rings. The fourth-order valence-electron chi connectivity index (χ4n) is 3.88. The molecule has 0 bridgehead atoms. The topological polar surface area (TPSA) is 106 Å². The number of esters is 2. The van der Waals surface area contributed by atoms with Crippen molar-refractivity contribution in [1.82, 2.24) is 9.88 Å². The number of nitrogens with one attached hydrogen (secondary N) is 1. The Hall–Kier alpha value is -3.16. The Morgan fingerprint density at radius 3 is 2.20 bits per heavy atom. The highest BCUT2D eigenvalue weighted by atomic mass is 16.5. The van der Waals surface area contributed by atoms with Gasteiger partial charge in [0.25, 0.3) is 11.7 Å². The lowest BCUT2D eigenvalue weighted by atomic mass is 9.88. The molecule has 2 atom stereocenters. The van der Waals surface area contributed by atoms with E-state index >= 15 is 0 Å². The summed E-state index contributed by atoms with van der Waals surface area (Å²) >= 11 is 0. The van der Waals surface area contributed by atoms with Gasteiger partial charge in [-0.1, -0.05) is 18.2 Å². The zero-order valence-corrected chi connectivity index (χ0v) is 17.4. The number of aromatic amines is 1. The van der Waals surface area contributed by atoms with Gasteiger partial charge in [-0.05, 0) is 32.8 Å². The Morgan fingerprint density at radius 2 is 1.63 bits per heavy atom. The van der Waals surface area contributed by atoms with Gasteiger partial charge in [-0.25, -0.2) is 0 Å². The van der Waals surface area contributed by atoms with E-state index in [-0.39, 0.29) is 38.3 Å². The number of benzene rings is 1. The molecule has 0 spiro atoms. The third-order valence-electron chi connectivity index (χ3n) is 5.34. The minimum atomic E-state index is -0.749. The van der Waals surface area contributed by atoms with E-state index in [2.05, 4.69) is 4.98 Å². The molecule has 3 rings (SSSR count). The lowest BCUT2D eigenvalue weighted by Crippen LogP contribution is -2.50. The number of amides is 1. The minimum Gasteiger partial charge on any atom is -0.466 e. The summed E-state index contributed by atoms with van der Waals surface area (Å²) in [4.78, 5) is 54.9. The van der Waals surface area contributed by atoms with E-state index in [0.717, 1.165) is 11.1 Å². The second kappa shape index (κ2) is 9.11. The van der Waals surface area contributed by atoms with Gasteiger partial charge in [-0.15, -0.1) is 0 Å². The van der Waals surface area contributed by atoms with Gasteiger partial charge in [0.2, 0.25) is 0 Å². The first kappa shape index (κ1) is 21.5. The first-order valence-electron chi connectivity index (χ1n) is 10.1. The fourth-order valence-corrected chi connectivity index (χ4v) is 3.88. The van der Waals surface area contributed by atoms with Gasteiger partial charge in [0, 0.05) is 30.2 Å². The van der Waals surface area contributed by atoms with E-state index in [4.69, 9.17) is 9.47 Å². The molecule has 0 saturated carbocycles. The highest BCUT2D eigenvalue weighted by Gasteiger charge is 2.40. The Kier molecular flexibility index (Phi) is 6.54. The van der Waals surface area contributed by atoms with Crippen LogP contribution in [0.5, 0.6) is 0 Å². The molecule has 8 nitrogen and oxygen atoms in total. The second-order valence-corrected chi connectivity index (χ2v) is 7.37. The predicted molar refractivity (Wildman–Crippen MR) is 109 cm³/mol. The Labute approximate surface area is 174 Å². The van der Waals surface area contributed by atoms with Crippen LogP contribution in [0.3, 0.4) is 0 Å². The lowest BCUT2D eigenvalue weighted by Gasteiger charge is -2.35. The fraction of sp³-hybridized carbons (Fsp3) is 0.455. The Morgan fingerprint density at radius 1 is 1.03 bits per heavy atom. The maximum atomic E-state index is 13.0. The lowest BCUT2D eigenvalue weighted by molar-refractivity contribution is -0.157. The van der Waals surface area contributed by atoms with Gasteiger partial charge in [0.1, 0.15) is 0 Å². The molecule has 0 unspecified atom stereocenters. The molecule has 0 aliphatic carbocycles. The van der Waals surface area contributed by atoms with Gasteiger partial charge >= 0.3 is 11.9 Å². The SMILES string of the molecule is CCOC(=O)[C@@H]1C[C@@H](C(=O)OCC)CN(C(=O)C(=O)c2c[nH]c3c(C)cccc23)C1. The number of piperidine rings is 1. The minimum absolute atomic E-state index is 0.0285. The first-order valence-corrected chi connectivity index (χ1v) is 10.1. The molecule has 1 amide bonds. The van der Waals surface area contributed by atoms with Crippen molar-refractivity contribution in [3.63, 3.8) is 0 Å². The summed E-state index contributed by atoms with van der Waals surface area (Å²) in [7, 11) is 0. The number of carbonyl (C=O) groups is 4. The number of likely N-dealkylation sites (tertiary alicyclic amines) is 1. The number of fused-ring (bicyclic) bond motifs is 1. The number of nitrogens with zero attached hydrogens (tertiary/aromatic N) is 1. The number of Topliss-reactive ketones (excluding diaryl/α,β-unsaturated/α-hetero) is 1.